The molecule has 5 heteroatoms. The minimum atomic E-state index is -0.418. The van der Waals surface area contributed by atoms with Gasteiger partial charge in [0, 0.05) is 6.54 Å². The highest BCUT2D eigenvalue weighted by Crippen LogP contribution is 2.18. The van der Waals surface area contributed by atoms with Crippen LogP contribution in [0.1, 0.15) is 43.6 Å². The van der Waals surface area contributed by atoms with E-state index in [1.165, 1.54) is 0 Å². The van der Waals surface area contributed by atoms with Crippen LogP contribution in [0.15, 0.2) is 10.7 Å². The minimum absolute atomic E-state index is 0.0281. The molecule has 2 N–H and O–H groups in total. The van der Waals surface area contributed by atoms with Crippen molar-refractivity contribution in [3.8, 4) is 0 Å². The Hall–Kier alpha value is -0.680. The molecule has 0 radical (unpaired) electrons. The number of ketones is 1. The predicted molar refractivity (Wildman–Crippen MR) is 67.4 cm³/mol. The van der Waals surface area contributed by atoms with Crippen LogP contribution >= 0.6 is 15.9 Å². The van der Waals surface area contributed by atoms with Crippen LogP contribution in [0.3, 0.4) is 0 Å². The number of hydrogen-bond acceptors (Lipinski definition) is 3. The van der Waals surface area contributed by atoms with Crippen LogP contribution in [0, 0.1) is 0 Å². The van der Waals surface area contributed by atoms with E-state index in [2.05, 4.69) is 28.0 Å². The van der Waals surface area contributed by atoms with E-state index in [-0.39, 0.29) is 5.78 Å². The van der Waals surface area contributed by atoms with Crippen molar-refractivity contribution < 1.29 is 4.79 Å². The Kier molecular flexibility index (Phi) is 5.15. The fourth-order valence-corrected chi connectivity index (χ4v) is 2.07. The monoisotopic (exact) mass is 287 g/mol. The summed E-state index contributed by atoms with van der Waals surface area (Å²) in [7, 11) is 0. The molecule has 1 aromatic rings. The Morgan fingerprint density at radius 1 is 1.62 bits per heavy atom. The summed E-state index contributed by atoms with van der Waals surface area (Å²) < 4.78 is 2.41. The number of nitrogens with two attached hydrogens (primary N) is 1. The zero-order valence-corrected chi connectivity index (χ0v) is 11.3. The summed E-state index contributed by atoms with van der Waals surface area (Å²) in [5.41, 5.74) is 6.46. The van der Waals surface area contributed by atoms with Crippen LogP contribution < -0.4 is 5.73 Å². The third-order valence-corrected chi connectivity index (χ3v) is 3.11. The highest BCUT2D eigenvalue weighted by Gasteiger charge is 2.21. The summed E-state index contributed by atoms with van der Waals surface area (Å²) in [6, 6.07) is -0.418. The van der Waals surface area contributed by atoms with Crippen molar-refractivity contribution in [1.82, 2.24) is 9.78 Å². The van der Waals surface area contributed by atoms with Gasteiger partial charge in [-0.15, -0.1) is 0 Å². The average Bonchev–Trinajstić information content (AvgIpc) is 2.66. The molecule has 0 aliphatic rings. The number of hydrogen-bond donors (Lipinski definition) is 1. The molecule has 4 nitrogen and oxygen atoms in total. The largest absolute Gasteiger partial charge is 0.321 e. The second kappa shape index (κ2) is 6.15. The normalized spacial score (nSPS) is 12.8. The van der Waals surface area contributed by atoms with E-state index in [0.29, 0.717) is 12.2 Å². The Balaban J connectivity index is 2.82. The van der Waals surface area contributed by atoms with Gasteiger partial charge < -0.3 is 5.73 Å². The van der Waals surface area contributed by atoms with E-state index in [1.807, 2.05) is 6.92 Å². The number of aromatic nitrogens is 2. The van der Waals surface area contributed by atoms with Gasteiger partial charge in [0.05, 0.1) is 16.7 Å². The van der Waals surface area contributed by atoms with Gasteiger partial charge in [0.2, 0.25) is 0 Å². The molecule has 0 fully saturated rings. The van der Waals surface area contributed by atoms with Gasteiger partial charge in [-0.05, 0) is 29.3 Å². The second-order valence-electron chi connectivity index (χ2n) is 3.77. The Morgan fingerprint density at radius 3 is 2.88 bits per heavy atom. The van der Waals surface area contributed by atoms with Crippen LogP contribution in [0.2, 0.25) is 0 Å². The SMILES string of the molecule is CCCCC(N)C(=O)c1c(Br)cnn1CC. The fraction of sp³-hybridized carbons (Fsp3) is 0.636. The van der Waals surface area contributed by atoms with Gasteiger partial charge >= 0.3 is 0 Å². The van der Waals surface area contributed by atoms with Gasteiger partial charge in [0.15, 0.2) is 5.78 Å². The van der Waals surface area contributed by atoms with Crippen molar-refractivity contribution in [3.05, 3.63) is 16.4 Å². The van der Waals surface area contributed by atoms with Crippen LogP contribution in [0.5, 0.6) is 0 Å². The third kappa shape index (κ3) is 2.92. The number of carbonyl (C=O) groups is 1. The first-order chi connectivity index (χ1) is 7.61. The molecule has 1 unspecified atom stereocenters. The molecule has 16 heavy (non-hydrogen) atoms. The lowest BCUT2D eigenvalue weighted by Gasteiger charge is -2.11. The van der Waals surface area contributed by atoms with E-state index < -0.39 is 6.04 Å². The molecular weight excluding hydrogens is 270 g/mol. The fourth-order valence-electron chi connectivity index (χ4n) is 1.58. The van der Waals surface area contributed by atoms with Gasteiger partial charge in [0.25, 0.3) is 0 Å². The maximum atomic E-state index is 12.1. The predicted octanol–water partition coefficient (Wildman–Crippen LogP) is 2.37. The van der Waals surface area contributed by atoms with Crippen LogP contribution in [-0.4, -0.2) is 21.6 Å². The standard InChI is InChI=1S/C11H18BrN3O/c1-3-5-6-9(13)11(16)10-8(12)7-14-15(10)4-2/h7,9H,3-6,13H2,1-2H3. The van der Waals surface area contributed by atoms with E-state index in [0.717, 1.165) is 23.7 Å². The lowest BCUT2D eigenvalue weighted by molar-refractivity contribution is 0.0945. The number of halogens is 1. The summed E-state index contributed by atoms with van der Waals surface area (Å²) in [4.78, 5) is 12.1. The Morgan fingerprint density at radius 2 is 2.31 bits per heavy atom. The molecule has 1 rings (SSSR count). The summed E-state index contributed by atoms with van der Waals surface area (Å²) in [5.74, 6) is -0.0281. The highest BCUT2D eigenvalue weighted by molar-refractivity contribution is 9.10. The third-order valence-electron chi connectivity index (χ3n) is 2.53. The molecule has 0 saturated carbocycles. The molecule has 0 bridgehead atoms. The molecule has 0 aromatic carbocycles. The topological polar surface area (TPSA) is 60.9 Å². The number of carbonyl (C=O) groups excluding carboxylic acids is 1. The molecule has 0 saturated heterocycles. The first-order valence-electron chi connectivity index (χ1n) is 5.62. The number of unbranched alkanes of at least 4 members (excludes halogenated alkanes) is 1. The van der Waals surface area contributed by atoms with E-state index >= 15 is 0 Å². The molecular formula is C11H18BrN3O. The lowest BCUT2D eigenvalue weighted by Crippen LogP contribution is -2.32. The van der Waals surface area contributed by atoms with Crippen molar-refractivity contribution in [3.63, 3.8) is 0 Å². The lowest BCUT2D eigenvalue weighted by atomic mass is 10.0. The summed E-state index contributed by atoms with van der Waals surface area (Å²) in [6.07, 6.45) is 4.40. The Bertz CT molecular complexity index is 362. The van der Waals surface area contributed by atoms with Crippen molar-refractivity contribution >= 4 is 21.7 Å². The van der Waals surface area contributed by atoms with Crippen molar-refractivity contribution in [2.24, 2.45) is 5.73 Å². The average molecular weight is 288 g/mol. The zero-order valence-electron chi connectivity index (χ0n) is 9.74. The molecule has 1 heterocycles. The van der Waals surface area contributed by atoms with Gasteiger partial charge in [0.1, 0.15) is 5.69 Å². The van der Waals surface area contributed by atoms with Gasteiger partial charge in [-0.1, -0.05) is 19.8 Å². The maximum absolute atomic E-state index is 12.1. The van der Waals surface area contributed by atoms with Gasteiger partial charge in [-0.25, -0.2) is 0 Å². The number of rotatable bonds is 6. The van der Waals surface area contributed by atoms with E-state index in [4.69, 9.17) is 5.73 Å². The molecule has 0 amide bonds. The van der Waals surface area contributed by atoms with Crippen LogP contribution in [-0.2, 0) is 6.54 Å². The first kappa shape index (κ1) is 13.4. The summed E-state index contributed by atoms with van der Waals surface area (Å²) in [5, 5.41) is 4.11. The molecule has 0 aliphatic heterocycles. The maximum Gasteiger partial charge on any atom is 0.198 e. The smallest absolute Gasteiger partial charge is 0.198 e. The zero-order chi connectivity index (χ0) is 12.1. The highest BCUT2D eigenvalue weighted by atomic mass is 79.9. The molecule has 1 aromatic heterocycles. The van der Waals surface area contributed by atoms with Crippen molar-refractivity contribution in [1.29, 1.82) is 0 Å². The molecule has 90 valence electrons. The molecule has 1 atom stereocenters. The second-order valence-corrected chi connectivity index (χ2v) is 4.62. The van der Waals surface area contributed by atoms with Crippen LogP contribution in [0.25, 0.3) is 0 Å². The van der Waals surface area contributed by atoms with Crippen molar-refractivity contribution in [2.75, 3.05) is 0 Å². The molecule has 0 spiro atoms. The first-order valence-corrected chi connectivity index (χ1v) is 6.42. The summed E-state index contributed by atoms with van der Waals surface area (Å²) >= 11 is 3.34. The number of aryl methyl sites for hydroxylation is 1. The summed E-state index contributed by atoms with van der Waals surface area (Å²) in [6.45, 7) is 4.71. The minimum Gasteiger partial charge on any atom is -0.321 e. The quantitative estimate of drug-likeness (QED) is 0.817. The van der Waals surface area contributed by atoms with Gasteiger partial charge in [-0.2, -0.15) is 5.10 Å². The van der Waals surface area contributed by atoms with Crippen LogP contribution in [0.4, 0.5) is 0 Å². The van der Waals surface area contributed by atoms with E-state index in [9.17, 15) is 4.79 Å². The van der Waals surface area contributed by atoms with E-state index in [1.54, 1.807) is 10.9 Å². The number of nitrogens with zero attached hydrogens (tertiary/aromatic N) is 2. The van der Waals surface area contributed by atoms with Gasteiger partial charge in [-0.3, -0.25) is 9.48 Å². The molecule has 0 aliphatic carbocycles. The number of Topliss-reactive ketones (excluding diaryl/α,β-unsaturated/α-hetero) is 1. The van der Waals surface area contributed by atoms with Crippen molar-refractivity contribution in [2.45, 2.75) is 45.7 Å². The Labute approximate surface area is 104 Å².